The molecule has 23 heavy (non-hydrogen) atoms. The van der Waals surface area contributed by atoms with Crippen molar-refractivity contribution in [3.05, 3.63) is 59.1 Å². The normalized spacial score (nSPS) is 11.7. The number of rotatable bonds is 5. The van der Waals surface area contributed by atoms with E-state index in [-0.39, 0.29) is 12.6 Å². The van der Waals surface area contributed by atoms with Gasteiger partial charge in [0.05, 0.1) is 17.5 Å². The zero-order chi connectivity index (χ0) is 16.8. The Kier molecular flexibility index (Phi) is 5.84. The first-order valence-electron chi connectivity index (χ1n) is 7.22. The summed E-state index contributed by atoms with van der Waals surface area (Å²) in [6, 6.07) is 14.0. The van der Waals surface area contributed by atoms with Crippen LogP contribution in [0.15, 0.2) is 48.5 Å². The van der Waals surface area contributed by atoms with Crippen LogP contribution in [0, 0.1) is 0 Å². The first-order valence-corrected chi connectivity index (χ1v) is 7.60. The Labute approximate surface area is 140 Å². The standard InChI is InChI=1S/C17H20ClN3O2/c1-21(2)15-6-4-3-5-14(15)20-17(23)19-11-16(22)12-7-9-13(18)10-8-12/h3-10,16,22H,11H2,1-2H3,(H2,19,20,23). The van der Waals surface area contributed by atoms with E-state index in [1.807, 2.05) is 43.3 Å². The zero-order valence-corrected chi connectivity index (χ0v) is 13.8. The number of nitrogens with zero attached hydrogens (tertiary/aromatic N) is 1. The molecule has 122 valence electrons. The van der Waals surface area contributed by atoms with E-state index in [0.29, 0.717) is 16.3 Å². The molecule has 0 aliphatic heterocycles. The second-order valence-electron chi connectivity index (χ2n) is 5.31. The number of aliphatic hydroxyl groups is 1. The van der Waals surface area contributed by atoms with Gasteiger partial charge in [-0.15, -0.1) is 0 Å². The Balaban J connectivity index is 1.91. The largest absolute Gasteiger partial charge is 0.387 e. The topological polar surface area (TPSA) is 64.6 Å². The Morgan fingerprint density at radius 3 is 2.48 bits per heavy atom. The summed E-state index contributed by atoms with van der Waals surface area (Å²) in [5.41, 5.74) is 2.31. The number of carbonyl (C=O) groups is 1. The molecule has 5 nitrogen and oxygen atoms in total. The summed E-state index contributed by atoms with van der Waals surface area (Å²) >= 11 is 5.81. The van der Waals surface area contributed by atoms with E-state index in [1.165, 1.54) is 0 Å². The highest BCUT2D eigenvalue weighted by Gasteiger charge is 2.11. The van der Waals surface area contributed by atoms with Crippen molar-refractivity contribution in [2.24, 2.45) is 0 Å². The third-order valence-corrected chi connectivity index (χ3v) is 3.60. The predicted molar refractivity (Wildman–Crippen MR) is 94.2 cm³/mol. The molecule has 6 heteroatoms. The van der Waals surface area contributed by atoms with Crippen LogP contribution in [0.2, 0.25) is 5.02 Å². The third-order valence-electron chi connectivity index (χ3n) is 3.34. The van der Waals surface area contributed by atoms with Crippen LogP contribution < -0.4 is 15.5 Å². The second kappa shape index (κ2) is 7.85. The summed E-state index contributed by atoms with van der Waals surface area (Å²) < 4.78 is 0. The maximum absolute atomic E-state index is 12.0. The van der Waals surface area contributed by atoms with Gasteiger partial charge < -0.3 is 20.6 Å². The third kappa shape index (κ3) is 4.87. The molecule has 2 amide bonds. The molecule has 2 aromatic rings. The van der Waals surface area contributed by atoms with Gasteiger partial charge in [0, 0.05) is 25.7 Å². The fourth-order valence-corrected chi connectivity index (χ4v) is 2.25. The molecular weight excluding hydrogens is 314 g/mol. The number of urea groups is 1. The van der Waals surface area contributed by atoms with Crippen molar-refractivity contribution in [3.8, 4) is 0 Å². The van der Waals surface area contributed by atoms with Crippen molar-refractivity contribution >= 4 is 29.0 Å². The van der Waals surface area contributed by atoms with Crippen LogP contribution in [0.3, 0.4) is 0 Å². The van der Waals surface area contributed by atoms with Crippen LogP contribution in [0.25, 0.3) is 0 Å². The van der Waals surface area contributed by atoms with E-state index in [9.17, 15) is 9.90 Å². The number of hydrogen-bond acceptors (Lipinski definition) is 3. The minimum atomic E-state index is -0.790. The predicted octanol–water partition coefficient (Wildman–Crippen LogP) is 3.26. The highest BCUT2D eigenvalue weighted by atomic mass is 35.5. The number of hydrogen-bond donors (Lipinski definition) is 3. The first-order chi connectivity index (χ1) is 11.0. The Morgan fingerprint density at radius 1 is 1.17 bits per heavy atom. The summed E-state index contributed by atoms with van der Waals surface area (Å²) in [6.07, 6.45) is -0.790. The van der Waals surface area contributed by atoms with Crippen molar-refractivity contribution < 1.29 is 9.90 Å². The first kappa shape index (κ1) is 17.1. The molecule has 0 aromatic heterocycles. The molecule has 3 N–H and O–H groups in total. The fourth-order valence-electron chi connectivity index (χ4n) is 2.13. The Bertz CT molecular complexity index is 659. The number of nitrogens with one attached hydrogen (secondary N) is 2. The van der Waals surface area contributed by atoms with E-state index in [1.54, 1.807) is 24.3 Å². The number of anilines is 2. The summed E-state index contributed by atoms with van der Waals surface area (Å²) in [5.74, 6) is 0. The number of aliphatic hydroxyl groups excluding tert-OH is 1. The minimum Gasteiger partial charge on any atom is -0.387 e. The molecule has 2 rings (SSSR count). The number of halogens is 1. The van der Waals surface area contributed by atoms with Crippen LogP contribution in [0.4, 0.5) is 16.2 Å². The van der Waals surface area contributed by atoms with Gasteiger partial charge in [0.2, 0.25) is 0 Å². The van der Waals surface area contributed by atoms with Gasteiger partial charge in [0.25, 0.3) is 0 Å². The number of para-hydroxylation sites is 2. The Hall–Kier alpha value is -2.24. The molecule has 0 spiro atoms. The maximum Gasteiger partial charge on any atom is 0.319 e. The van der Waals surface area contributed by atoms with E-state index in [2.05, 4.69) is 10.6 Å². The molecule has 0 aliphatic carbocycles. The average Bonchev–Trinajstić information content (AvgIpc) is 2.53. The number of benzene rings is 2. The SMILES string of the molecule is CN(C)c1ccccc1NC(=O)NCC(O)c1ccc(Cl)cc1. The van der Waals surface area contributed by atoms with Crippen molar-refractivity contribution in [2.75, 3.05) is 30.9 Å². The highest BCUT2D eigenvalue weighted by Crippen LogP contribution is 2.23. The lowest BCUT2D eigenvalue weighted by atomic mass is 10.1. The molecule has 2 aromatic carbocycles. The van der Waals surface area contributed by atoms with Crippen molar-refractivity contribution in [3.63, 3.8) is 0 Å². The quantitative estimate of drug-likeness (QED) is 0.787. The summed E-state index contributed by atoms with van der Waals surface area (Å²) in [4.78, 5) is 13.9. The van der Waals surface area contributed by atoms with Crippen LogP contribution in [-0.4, -0.2) is 31.8 Å². The van der Waals surface area contributed by atoms with Gasteiger partial charge in [-0.25, -0.2) is 4.79 Å². The maximum atomic E-state index is 12.0. The van der Waals surface area contributed by atoms with Crippen LogP contribution in [0.5, 0.6) is 0 Å². The fraction of sp³-hybridized carbons (Fsp3) is 0.235. The Morgan fingerprint density at radius 2 is 1.83 bits per heavy atom. The summed E-state index contributed by atoms with van der Waals surface area (Å²) in [5, 5.41) is 16.1. The second-order valence-corrected chi connectivity index (χ2v) is 5.75. The molecule has 0 heterocycles. The van der Waals surface area contributed by atoms with Gasteiger partial charge in [-0.05, 0) is 29.8 Å². The van der Waals surface area contributed by atoms with Crippen molar-refractivity contribution in [1.82, 2.24) is 5.32 Å². The molecule has 0 saturated carbocycles. The average molecular weight is 334 g/mol. The van der Waals surface area contributed by atoms with E-state index < -0.39 is 6.10 Å². The lowest BCUT2D eigenvalue weighted by Gasteiger charge is -2.18. The van der Waals surface area contributed by atoms with Gasteiger partial charge in [-0.3, -0.25) is 0 Å². The smallest absolute Gasteiger partial charge is 0.319 e. The molecule has 1 unspecified atom stereocenters. The summed E-state index contributed by atoms with van der Waals surface area (Å²) in [7, 11) is 3.81. The number of carbonyl (C=O) groups excluding carboxylic acids is 1. The molecule has 0 fully saturated rings. The summed E-state index contributed by atoms with van der Waals surface area (Å²) in [6.45, 7) is 0.109. The van der Waals surface area contributed by atoms with Crippen LogP contribution >= 0.6 is 11.6 Å². The molecule has 0 saturated heterocycles. The molecule has 0 radical (unpaired) electrons. The zero-order valence-electron chi connectivity index (χ0n) is 13.1. The van der Waals surface area contributed by atoms with Crippen molar-refractivity contribution in [2.45, 2.75) is 6.10 Å². The highest BCUT2D eigenvalue weighted by molar-refractivity contribution is 6.30. The van der Waals surface area contributed by atoms with Crippen LogP contribution in [-0.2, 0) is 0 Å². The van der Waals surface area contributed by atoms with Gasteiger partial charge in [-0.1, -0.05) is 35.9 Å². The van der Waals surface area contributed by atoms with Gasteiger partial charge in [0.1, 0.15) is 0 Å². The molecule has 0 bridgehead atoms. The molecule has 1 atom stereocenters. The lowest BCUT2D eigenvalue weighted by molar-refractivity contribution is 0.175. The van der Waals surface area contributed by atoms with E-state index in [4.69, 9.17) is 11.6 Å². The van der Waals surface area contributed by atoms with E-state index in [0.717, 1.165) is 5.69 Å². The monoisotopic (exact) mass is 333 g/mol. The minimum absolute atomic E-state index is 0.109. The molecular formula is C17H20ClN3O2. The van der Waals surface area contributed by atoms with Gasteiger partial charge >= 0.3 is 6.03 Å². The lowest BCUT2D eigenvalue weighted by Crippen LogP contribution is -2.32. The van der Waals surface area contributed by atoms with Gasteiger partial charge in [0.15, 0.2) is 0 Å². The van der Waals surface area contributed by atoms with Gasteiger partial charge in [-0.2, -0.15) is 0 Å². The number of amides is 2. The van der Waals surface area contributed by atoms with Crippen molar-refractivity contribution in [1.29, 1.82) is 0 Å². The van der Waals surface area contributed by atoms with E-state index >= 15 is 0 Å². The van der Waals surface area contributed by atoms with Crippen LogP contribution in [0.1, 0.15) is 11.7 Å². The molecule has 0 aliphatic rings.